The molecule has 5 rings (SSSR count). The zero-order valence-electron chi connectivity index (χ0n) is 12.6. The van der Waals surface area contributed by atoms with E-state index in [0.717, 1.165) is 12.0 Å². The molecule has 1 heterocycles. The van der Waals surface area contributed by atoms with E-state index in [2.05, 4.69) is 0 Å². The van der Waals surface area contributed by atoms with Gasteiger partial charge in [-0.25, -0.2) is 0 Å². The quantitative estimate of drug-likeness (QED) is 0.759. The van der Waals surface area contributed by atoms with Crippen LogP contribution in [-0.2, 0) is 16.8 Å². The second-order valence-electron chi connectivity index (χ2n) is 6.35. The standard InChI is InChI=1S/C18H18N2O3/c19-17(23)18-8-6-12(7-9-18)13-14(18)16(22)20(15(13)21)10-11-4-2-1-3-5-11/h1-6,8,12,21-22H,7,9-10H2,(H2,19,23). The Morgan fingerprint density at radius 1 is 1.26 bits per heavy atom. The molecule has 1 amide bonds. The highest BCUT2D eigenvalue weighted by atomic mass is 16.3. The molecule has 1 aromatic heterocycles. The Labute approximate surface area is 133 Å². The topological polar surface area (TPSA) is 88.5 Å². The van der Waals surface area contributed by atoms with Gasteiger partial charge in [-0.3, -0.25) is 9.36 Å². The smallest absolute Gasteiger partial charge is 0.232 e. The van der Waals surface area contributed by atoms with E-state index in [0.29, 0.717) is 24.1 Å². The van der Waals surface area contributed by atoms with Crippen molar-refractivity contribution in [3.63, 3.8) is 0 Å². The molecule has 0 aliphatic heterocycles. The number of nitrogens with zero attached hydrogens (tertiary/aromatic N) is 1. The third-order valence-corrected chi connectivity index (χ3v) is 5.15. The van der Waals surface area contributed by atoms with E-state index >= 15 is 0 Å². The predicted octanol–water partition coefficient (Wildman–Crippen LogP) is 2.12. The largest absolute Gasteiger partial charge is 0.494 e. The van der Waals surface area contributed by atoms with Crippen LogP contribution in [0.2, 0.25) is 0 Å². The van der Waals surface area contributed by atoms with Crippen LogP contribution in [0.5, 0.6) is 11.8 Å². The lowest BCUT2D eigenvalue weighted by Gasteiger charge is -2.39. The lowest BCUT2D eigenvalue weighted by molar-refractivity contribution is -0.122. The normalized spacial score (nSPS) is 24.6. The van der Waals surface area contributed by atoms with E-state index in [9.17, 15) is 15.0 Å². The van der Waals surface area contributed by atoms with Gasteiger partial charge in [-0.05, 0) is 18.4 Å². The summed E-state index contributed by atoms with van der Waals surface area (Å²) >= 11 is 0. The molecular formula is C18H18N2O3. The number of rotatable bonds is 3. The number of benzene rings is 1. The van der Waals surface area contributed by atoms with Crippen LogP contribution in [0.3, 0.4) is 0 Å². The molecule has 1 aromatic carbocycles. The van der Waals surface area contributed by atoms with E-state index in [1.54, 1.807) is 6.08 Å². The van der Waals surface area contributed by atoms with E-state index in [4.69, 9.17) is 5.73 Å². The Bertz CT molecular complexity index is 823. The zero-order valence-corrected chi connectivity index (χ0v) is 12.6. The Morgan fingerprint density at radius 2 is 2.00 bits per heavy atom. The number of allylic oxidation sites excluding steroid dienone is 1. The minimum absolute atomic E-state index is 0.0224. The van der Waals surface area contributed by atoms with Crippen LogP contribution in [0.4, 0.5) is 0 Å². The molecule has 2 unspecified atom stereocenters. The van der Waals surface area contributed by atoms with Gasteiger partial charge in [-0.15, -0.1) is 0 Å². The lowest BCUT2D eigenvalue weighted by atomic mass is 9.62. The highest BCUT2D eigenvalue weighted by molar-refractivity contribution is 5.92. The minimum Gasteiger partial charge on any atom is -0.494 e. The van der Waals surface area contributed by atoms with Crippen molar-refractivity contribution in [2.24, 2.45) is 5.73 Å². The van der Waals surface area contributed by atoms with Crippen molar-refractivity contribution in [2.45, 2.75) is 30.7 Å². The highest BCUT2D eigenvalue weighted by Gasteiger charge is 2.50. The van der Waals surface area contributed by atoms with Crippen molar-refractivity contribution < 1.29 is 15.0 Å². The third kappa shape index (κ3) is 1.76. The summed E-state index contributed by atoms with van der Waals surface area (Å²) in [5.74, 6) is -0.496. The molecule has 3 aliphatic rings. The number of aromatic nitrogens is 1. The molecule has 0 spiro atoms. The highest BCUT2D eigenvalue weighted by Crippen LogP contribution is 2.56. The van der Waals surface area contributed by atoms with Gasteiger partial charge in [-0.1, -0.05) is 42.5 Å². The van der Waals surface area contributed by atoms with E-state index in [1.807, 2.05) is 36.4 Å². The maximum Gasteiger partial charge on any atom is 0.232 e. The number of hydrogen-bond acceptors (Lipinski definition) is 3. The number of primary amides is 1. The van der Waals surface area contributed by atoms with Crippen LogP contribution in [0.15, 0.2) is 42.5 Å². The van der Waals surface area contributed by atoms with Gasteiger partial charge in [0.15, 0.2) is 11.8 Å². The van der Waals surface area contributed by atoms with Crippen molar-refractivity contribution in [1.29, 1.82) is 0 Å². The molecule has 2 bridgehead atoms. The monoisotopic (exact) mass is 310 g/mol. The summed E-state index contributed by atoms with van der Waals surface area (Å²) < 4.78 is 1.46. The number of fused-ring (bicyclic) bond motifs is 1. The summed E-state index contributed by atoms with van der Waals surface area (Å²) in [7, 11) is 0. The summed E-state index contributed by atoms with van der Waals surface area (Å²) in [6.07, 6.45) is 5.02. The SMILES string of the molecule is NC(=O)C12C=CC(CC1)c1c2c(O)n(Cc2ccccc2)c1O. The Balaban J connectivity index is 1.89. The number of carbonyl (C=O) groups is 1. The van der Waals surface area contributed by atoms with Crippen LogP contribution in [0.1, 0.15) is 35.4 Å². The van der Waals surface area contributed by atoms with Gasteiger partial charge in [0.25, 0.3) is 0 Å². The van der Waals surface area contributed by atoms with Crippen LogP contribution in [-0.4, -0.2) is 20.7 Å². The Morgan fingerprint density at radius 3 is 2.61 bits per heavy atom. The van der Waals surface area contributed by atoms with Crippen LogP contribution in [0, 0.1) is 0 Å². The second-order valence-corrected chi connectivity index (χ2v) is 6.35. The van der Waals surface area contributed by atoms with Gasteiger partial charge in [0.05, 0.1) is 12.0 Å². The van der Waals surface area contributed by atoms with E-state index in [1.165, 1.54) is 4.57 Å². The van der Waals surface area contributed by atoms with Gasteiger partial charge in [0.1, 0.15) is 0 Å². The number of aromatic hydroxyl groups is 2. The van der Waals surface area contributed by atoms with Gasteiger partial charge >= 0.3 is 0 Å². The zero-order chi connectivity index (χ0) is 16.2. The molecule has 0 fully saturated rings. The molecule has 5 heteroatoms. The average molecular weight is 310 g/mol. The first-order valence-electron chi connectivity index (χ1n) is 7.72. The molecule has 5 nitrogen and oxygen atoms in total. The average Bonchev–Trinajstić information content (AvgIpc) is 2.84. The Kier molecular flexibility index (Phi) is 2.82. The van der Waals surface area contributed by atoms with Gasteiger partial charge in [0, 0.05) is 17.0 Å². The van der Waals surface area contributed by atoms with Crippen molar-refractivity contribution >= 4 is 5.91 Å². The molecule has 0 saturated carbocycles. The fourth-order valence-corrected chi connectivity index (χ4v) is 3.94. The van der Waals surface area contributed by atoms with Crippen molar-refractivity contribution in [2.75, 3.05) is 0 Å². The van der Waals surface area contributed by atoms with Crippen molar-refractivity contribution in [3.05, 3.63) is 59.2 Å². The summed E-state index contributed by atoms with van der Waals surface area (Å²) in [5.41, 5.74) is 6.72. The minimum atomic E-state index is -1.01. The first kappa shape index (κ1) is 13.9. The van der Waals surface area contributed by atoms with Crippen molar-refractivity contribution in [1.82, 2.24) is 4.57 Å². The summed E-state index contributed by atoms with van der Waals surface area (Å²) in [5, 5.41) is 21.4. The van der Waals surface area contributed by atoms with Crippen LogP contribution >= 0.6 is 0 Å². The predicted molar refractivity (Wildman–Crippen MR) is 85.3 cm³/mol. The van der Waals surface area contributed by atoms with E-state index < -0.39 is 11.3 Å². The maximum absolute atomic E-state index is 12.1. The summed E-state index contributed by atoms with van der Waals surface area (Å²) in [6, 6.07) is 9.57. The van der Waals surface area contributed by atoms with E-state index in [-0.39, 0.29) is 17.7 Å². The first-order chi connectivity index (χ1) is 11.0. The van der Waals surface area contributed by atoms with Gasteiger partial charge < -0.3 is 15.9 Å². The molecule has 0 saturated heterocycles. The number of amides is 1. The van der Waals surface area contributed by atoms with Crippen LogP contribution in [0.25, 0.3) is 0 Å². The lowest BCUT2D eigenvalue weighted by Crippen LogP contribution is -2.44. The summed E-state index contributed by atoms with van der Waals surface area (Å²) in [4.78, 5) is 12.1. The van der Waals surface area contributed by atoms with Gasteiger partial charge in [-0.2, -0.15) is 0 Å². The fraction of sp³-hybridized carbons (Fsp3) is 0.278. The van der Waals surface area contributed by atoms with Crippen LogP contribution < -0.4 is 5.73 Å². The maximum atomic E-state index is 12.1. The first-order valence-corrected chi connectivity index (χ1v) is 7.72. The van der Waals surface area contributed by atoms with Crippen molar-refractivity contribution in [3.8, 4) is 11.8 Å². The molecule has 3 aliphatic carbocycles. The third-order valence-electron chi connectivity index (χ3n) is 5.15. The number of hydrogen-bond donors (Lipinski definition) is 3. The molecule has 2 atom stereocenters. The molecule has 23 heavy (non-hydrogen) atoms. The summed E-state index contributed by atoms with van der Waals surface area (Å²) in [6.45, 7) is 0.340. The fourth-order valence-electron chi connectivity index (χ4n) is 3.94. The molecule has 4 N–H and O–H groups in total. The Hall–Kier alpha value is -2.69. The molecule has 2 aromatic rings. The van der Waals surface area contributed by atoms with Gasteiger partial charge in [0.2, 0.25) is 5.91 Å². The molecule has 118 valence electrons. The number of carbonyl (C=O) groups excluding carboxylic acids is 1. The second kappa shape index (κ2) is 4.65. The molecular weight excluding hydrogens is 292 g/mol. The number of nitrogens with two attached hydrogens (primary N) is 1. The molecule has 0 radical (unpaired) electrons.